The molecule has 4 rings (SSSR count). The van der Waals surface area contributed by atoms with Crippen LogP contribution in [0.2, 0.25) is 0 Å². The summed E-state index contributed by atoms with van der Waals surface area (Å²) in [5.41, 5.74) is 0.145. The second-order valence-corrected chi connectivity index (χ2v) is 6.62. The van der Waals surface area contributed by atoms with Crippen molar-refractivity contribution in [1.82, 2.24) is 13.5 Å². The second-order valence-electron chi connectivity index (χ2n) is 5.99. The number of ether oxygens (including phenoxy) is 2. The third-order valence-electron chi connectivity index (χ3n) is 4.16. The topological polar surface area (TPSA) is 104 Å². The van der Waals surface area contributed by atoms with Gasteiger partial charge in [0.25, 0.3) is 5.56 Å². The van der Waals surface area contributed by atoms with Gasteiger partial charge in [0.15, 0.2) is 17.0 Å². The third-order valence-corrected chi connectivity index (χ3v) is 4.77. The zero-order chi connectivity index (χ0) is 19.0. The van der Waals surface area contributed by atoms with Crippen molar-refractivity contribution < 1.29 is 14.3 Å². The number of amides is 1. The number of aromatic nitrogens is 3. The maximum atomic E-state index is 12.7. The molecule has 27 heavy (non-hydrogen) atoms. The van der Waals surface area contributed by atoms with Crippen molar-refractivity contribution in [2.75, 3.05) is 12.1 Å². The highest BCUT2D eigenvalue weighted by Gasteiger charge is 2.18. The summed E-state index contributed by atoms with van der Waals surface area (Å²) in [6.45, 7) is 2.05. The second kappa shape index (κ2) is 6.88. The fourth-order valence-electron chi connectivity index (χ4n) is 2.93. The van der Waals surface area contributed by atoms with E-state index >= 15 is 0 Å². The highest BCUT2D eigenvalue weighted by molar-refractivity contribution is 7.04. The minimum absolute atomic E-state index is 0.143. The van der Waals surface area contributed by atoms with Crippen LogP contribution in [0.25, 0.3) is 11.0 Å². The molecule has 3 heterocycles. The van der Waals surface area contributed by atoms with Crippen molar-refractivity contribution in [3.05, 3.63) is 44.4 Å². The summed E-state index contributed by atoms with van der Waals surface area (Å²) in [7, 11) is 0. The Morgan fingerprint density at radius 1 is 1.26 bits per heavy atom. The maximum absolute atomic E-state index is 12.7. The molecule has 0 unspecified atom stereocenters. The van der Waals surface area contributed by atoms with Crippen LogP contribution in [0.4, 0.5) is 5.69 Å². The number of benzene rings is 1. The predicted octanol–water partition coefficient (Wildman–Crippen LogP) is 1.40. The lowest BCUT2D eigenvalue weighted by Crippen LogP contribution is -2.41. The quantitative estimate of drug-likeness (QED) is 0.708. The molecule has 0 bridgehead atoms. The molecule has 0 saturated carbocycles. The molecule has 0 spiro atoms. The number of nitrogens with one attached hydrogen (secondary N) is 1. The number of hydrogen-bond acceptors (Lipinski definition) is 7. The molecule has 10 heteroatoms. The largest absolute Gasteiger partial charge is 0.454 e. The van der Waals surface area contributed by atoms with E-state index in [0.29, 0.717) is 29.1 Å². The van der Waals surface area contributed by atoms with Gasteiger partial charge in [-0.05, 0) is 30.1 Å². The lowest BCUT2D eigenvalue weighted by atomic mass is 10.2. The van der Waals surface area contributed by atoms with E-state index in [1.807, 2.05) is 6.92 Å². The molecule has 1 aliphatic rings. The molecule has 1 aromatic carbocycles. The Labute approximate surface area is 156 Å². The molecular weight excluding hydrogens is 372 g/mol. The summed E-state index contributed by atoms with van der Waals surface area (Å²) in [6, 6.07) is 5.04. The van der Waals surface area contributed by atoms with Gasteiger partial charge in [0.05, 0.1) is 5.52 Å². The van der Waals surface area contributed by atoms with Crippen LogP contribution in [0.3, 0.4) is 0 Å². The summed E-state index contributed by atoms with van der Waals surface area (Å²) in [4.78, 5) is 37.6. The van der Waals surface area contributed by atoms with Gasteiger partial charge in [0.2, 0.25) is 12.7 Å². The summed E-state index contributed by atoms with van der Waals surface area (Å²) in [5, 5.41) is 4.33. The van der Waals surface area contributed by atoms with Crippen LogP contribution < -0.4 is 26.0 Å². The Hall–Kier alpha value is -3.14. The molecule has 2 aromatic heterocycles. The molecule has 0 radical (unpaired) electrons. The molecule has 1 N–H and O–H groups in total. The lowest BCUT2D eigenvalue weighted by Gasteiger charge is -2.11. The van der Waals surface area contributed by atoms with Gasteiger partial charge in [-0.3, -0.25) is 18.7 Å². The Balaban J connectivity index is 1.65. The van der Waals surface area contributed by atoms with Gasteiger partial charge in [-0.25, -0.2) is 4.79 Å². The van der Waals surface area contributed by atoms with Gasteiger partial charge in [0.1, 0.15) is 6.54 Å². The van der Waals surface area contributed by atoms with Crippen molar-refractivity contribution in [2.24, 2.45) is 0 Å². The third kappa shape index (κ3) is 3.08. The summed E-state index contributed by atoms with van der Waals surface area (Å²) >= 11 is 1.08. The average molecular weight is 388 g/mol. The monoisotopic (exact) mass is 388 g/mol. The lowest BCUT2D eigenvalue weighted by molar-refractivity contribution is -0.116. The number of rotatable bonds is 5. The first-order valence-corrected chi connectivity index (χ1v) is 9.19. The SMILES string of the molecule is CCCn1c(=O)c2nscc2n(CC(=O)Nc2ccc3c(c2)OCO3)c1=O. The molecule has 1 amide bonds. The molecule has 0 aliphatic carbocycles. The molecule has 140 valence electrons. The minimum Gasteiger partial charge on any atom is -0.454 e. The van der Waals surface area contributed by atoms with Crippen molar-refractivity contribution in [3.63, 3.8) is 0 Å². The number of anilines is 1. The van der Waals surface area contributed by atoms with Crippen molar-refractivity contribution in [3.8, 4) is 11.5 Å². The molecule has 9 nitrogen and oxygen atoms in total. The Morgan fingerprint density at radius 3 is 2.89 bits per heavy atom. The van der Waals surface area contributed by atoms with Crippen molar-refractivity contribution in [2.45, 2.75) is 26.4 Å². The standard InChI is InChI=1S/C17H16N4O5S/c1-2-5-20-16(23)15-11(8-27-19-15)21(17(20)24)7-14(22)18-10-3-4-12-13(6-10)26-9-25-12/h3-4,6,8H,2,5,7,9H2,1H3,(H,18,22). The number of carbonyl (C=O) groups excluding carboxylic acids is 1. The number of hydrogen-bond donors (Lipinski definition) is 1. The van der Waals surface area contributed by atoms with Gasteiger partial charge < -0.3 is 14.8 Å². The van der Waals surface area contributed by atoms with Crippen LogP contribution >= 0.6 is 11.5 Å². The molecule has 0 atom stereocenters. The number of nitrogens with zero attached hydrogens (tertiary/aromatic N) is 3. The summed E-state index contributed by atoms with van der Waals surface area (Å²) < 4.78 is 17.0. The molecule has 1 aliphatic heterocycles. The number of fused-ring (bicyclic) bond motifs is 2. The van der Waals surface area contributed by atoms with E-state index in [1.165, 1.54) is 4.57 Å². The normalized spacial score (nSPS) is 12.5. The number of carbonyl (C=O) groups is 1. The minimum atomic E-state index is -0.518. The van der Waals surface area contributed by atoms with Crippen molar-refractivity contribution in [1.29, 1.82) is 0 Å². The highest BCUT2D eigenvalue weighted by Crippen LogP contribution is 2.34. The Kier molecular flexibility index (Phi) is 4.40. The van der Waals surface area contributed by atoms with E-state index in [1.54, 1.807) is 23.6 Å². The molecule has 0 saturated heterocycles. The van der Waals surface area contributed by atoms with Crippen LogP contribution in [-0.2, 0) is 17.9 Å². The van der Waals surface area contributed by atoms with E-state index < -0.39 is 17.2 Å². The van der Waals surface area contributed by atoms with Gasteiger partial charge in [0, 0.05) is 23.7 Å². The van der Waals surface area contributed by atoms with Crippen LogP contribution in [0.15, 0.2) is 33.2 Å². The Bertz CT molecular complexity index is 1150. The fraction of sp³-hybridized carbons (Fsp3) is 0.294. The van der Waals surface area contributed by atoms with Crippen LogP contribution in [0, 0.1) is 0 Å². The van der Waals surface area contributed by atoms with Crippen LogP contribution in [-0.4, -0.2) is 26.2 Å². The van der Waals surface area contributed by atoms with Gasteiger partial charge in [-0.1, -0.05) is 6.92 Å². The first kappa shape index (κ1) is 17.3. The van der Waals surface area contributed by atoms with E-state index in [-0.39, 0.29) is 25.4 Å². The van der Waals surface area contributed by atoms with Gasteiger partial charge in [-0.15, -0.1) is 0 Å². The maximum Gasteiger partial charge on any atom is 0.332 e. The summed E-state index contributed by atoms with van der Waals surface area (Å²) in [5.74, 6) is 0.762. The first-order chi connectivity index (χ1) is 13.1. The fourth-order valence-corrected chi connectivity index (χ4v) is 3.60. The zero-order valence-corrected chi connectivity index (χ0v) is 15.2. The zero-order valence-electron chi connectivity index (χ0n) is 14.4. The first-order valence-electron chi connectivity index (χ1n) is 8.35. The van der Waals surface area contributed by atoms with Crippen LogP contribution in [0.5, 0.6) is 11.5 Å². The molecule has 3 aromatic rings. The molecule has 0 fully saturated rings. The van der Waals surface area contributed by atoms with Gasteiger partial charge >= 0.3 is 5.69 Å². The van der Waals surface area contributed by atoms with E-state index in [4.69, 9.17) is 9.47 Å². The predicted molar refractivity (Wildman–Crippen MR) is 99.6 cm³/mol. The van der Waals surface area contributed by atoms with E-state index in [2.05, 4.69) is 9.69 Å². The smallest absolute Gasteiger partial charge is 0.332 e. The van der Waals surface area contributed by atoms with Gasteiger partial charge in [-0.2, -0.15) is 4.37 Å². The van der Waals surface area contributed by atoms with Crippen LogP contribution in [0.1, 0.15) is 13.3 Å². The van der Waals surface area contributed by atoms with Crippen molar-refractivity contribution >= 4 is 34.2 Å². The average Bonchev–Trinajstić information content (AvgIpc) is 3.31. The molecular formula is C17H16N4O5S. The van der Waals surface area contributed by atoms with E-state index in [0.717, 1.165) is 16.1 Å². The van der Waals surface area contributed by atoms with E-state index in [9.17, 15) is 14.4 Å². The highest BCUT2D eigenvalue weighted by atomic mass is 32.1. The Morgan fingerprint density at radius 2 is 2.07 bits per heavy atom. The summed E-state index contributed by atoms with van der Waals surface area (Å²) in [6.07, 6.45) is 0.619.